The summed E-state index contributed by atoms with van der Waals surface area (Å²) in [6.45, 7) is 4.80. The molecular formula is C23H27N3O5. The van der Waals surface area contributed by atoms with E-state index < -0.39 is 11.9 Å². The van der Waals surface area contributed by atoms with Crippen molar-refractivity contribution < 1.29 is 24.6 Å². The van der Waals surface area contributed by atoms with Crippen molar-refractivity contribution in [2.45, 2.75) is 32.4 Å². The topological polar surface area (TPSA) is 123 Å². The first-order valence-corrected chi connectivity index (χ1v) is 10.1. The van der Waals surface area contributed by atoms with Gasteiger partial charge in [-0.05, 0) is 50.1 Å². The molecule has 8 nitrogen and oxygen atoms in total. The summed E-state index contributed by atoms with van der Waals surface area (Å²) in [5, 5.41) is 20.0. The summed E-state index contributed by atoms with van der Waals surface area (Å²) in [5.41, 5.74) is 5.16. The van der Waals surface area contributed by atoms with Gasteiger partial charge in [0.2, 0.25) is 5.91 Å². The van der Waals surface area contributed by atoms with Crippen LogP contribution in [0.15, 0.2) is 42.6 Å². The standard InChI is InChI=1S/C19H23N3O.C4H4O4/c1-11(2)21-19(23)13-7-15-14-5-4-6-16-18(14)12(9-20-16)8-17(15)22(3)10-13;5-3(6)1-2-4(7)8/h4-7,9,11,13,17,20H,8,10H2,1-3H3,(H,21,23);1-2H,(H,5,6)(H,7,8)/b;2-1-/t13-,17-;/m1./s1. The average molecular weight is 425 g/mol. The number of likely N-dealkylation sites (N-methyl/N-ethyl adjacent to an activating group) is 1. The van der Waals surface area contributed by atoms with Crippen LogP contribution >= 0.6 is 0 Å². The second-order valence-corrected chi connectivity index (χ2v) is 8.10. The van der Waals surface area contributed by atoms with Gasteiger partial charge in [-0.1, -0.05) is 18.2 Å². The molecule has 0 bridgehead atoms. The van der Waals surface area contributed by atoms with Crippen LogP contribution in [0.4, 0.5) is 0 Å². The summed E-state index contributed by atoms with van der Waals surface area (Å²) >= 11 is 0. The van der Waals surface area contributed by atoms with Crippen molar-refractivity contribution >= 4 is 34.3 Å². The van der Waals surface area contributed by atoms with Gasteiger partial charge >= 0.3 is 11.9 Å². The zero-order valence-electron chi connectivity index (χ0n) is 17.8. The molecule has 0 saturated carbocycles. The average Bonchev–Trinajstić information content (AvgIpc) is 3.11. The van der Waals surface area contributed by atoms with Gasteiger partial charge in [0.1, 0.15) is 0 Å². The highest BCUT2D eigenvalue weighted by atomic mass is 16.4. The molecular weight excluding hydrogens is 398 g/mol. The molecule has 1 aliphatic heterocycles. The van der Waals surface area contributed by atoms with Gasteiger partial charge in [-0.15, -0.1) is 0 Å². The number of carboxylic acids is 2. The normalized spacial score (nSPS) is 20.1. The Hall–Kier alpha value is -3.39. The van der Waals surface area contributed by atoms with Crippen LogP contribution < -0.4 is 5.32 Å². The van der Waals surface area contributed by atoms with E-state index in [1.165, 1.54) is 27.6 Å². The highest BCUT2D eigenvalue weighted by Gasteiger charge is 2.35. The number of aromatic amines is 1. The number of aromatic nitrogens is 1. The molecule has 0 radical (unpaired) electrons. The van der Waals surface area contributed by atoms with Gasteiger partial charge in [0.25, 0.3) is 0 Å². The Morgan fingerprint density at radius 3 is 2.48 bits per heavy atom. The van der Waals surface area contributed by atoms with E-state index in [1.54, 1.807) is 0 Å². The fourth-order valence-electron chi connectivity index (χ4n) is 4.15. The molecule has 2 aromatic rings. The molecule has 2 atom stereocenters. The van der Waals surface area contributed by atoms with Crippen molar-refractivity contribution in [3.05, 3.63) is 53.8 Å². The van der Waals surface area contributed by atoms with Gasteiger partial charge < -0.3 is 20.5 Å². The number of carbonyl (C=O) groups excluding carboxylic acids is 1. The summed E-state index contributed by atoms with van der Waals surface area (Å²) < 4.78 is 0. The lowest BCUT2D eigenvalue weighted by molar-refractivity contribution is -0.134. The van der Waals surface area contributed by atoms with Gasteiger partial charge in [0, 0.05) is 47.9 Å². The number of rotatable bonds is 4. The highest BCUT2D eigenvalue weighted by molar-refractivity contribution is 5.99. The molecule has 2 heterocycles. The SMILES string of the molecule is CC(C)NC(=O)[C@@H]1C=C2c3cccc4[nH]cc(c34)C[C@H]2N(C)C1.O=C(O)/C=C\C(=O)O. The first-order chi connectivity index (χ1) is 14.7. The van der Waals surface area contributed by atoms with E-state index in [4.69, 9.17) is 10.2 Å². The number of amides is 1. The third kappa shape index (κ3) is 5.03. The van der Waals surface area contributed by atoms with Gasteiger partial charge in [-0.3, -0.25) is 9.69 Å². The van der Waals surface area contributed by atoms with E-state index in [1.807, 2.05) is 13.8 Å². The molecule has 1 aromatic heterocycles. The number of fused-ring (bicyclic) bond motifs is 2. The number of hydrogen-bond donors (Lipinski definition) is 4. The van der Waals surface area contributed by atoms with Crippen molar-refractivity contribution in [2.24, 2.45) is 5.92 Å². The van der Waals surface area contributed by atoms with Crippen LogP contribution in [0.3, 0.4) is 0 Å². The van der Waals surface area contributed by atoms with Crippen LogP contribution in [0.1, 0.15) is 25.0 Å². The van der Waals surface area contributed by atoms with Gasteiger partial charge in [-0.2, -0.15) is 0 Å². The minimum atomic E-state index is -1.26. The second kappa shape index (κ2) is 9.18. The van der Waals surface area contributed by atoms with Crippen molar-refractivity contribution in [1.29, 1.82) is 0 Å². The number of benzene rings is 1. The minimum Gasteiger partial charge on any atom is -0.478 e. The molecule has 0 unspecified atom stereocenters. The van der Waals surface area contributed by atoms with Crippen LogP contribution in [0.5, 0.6) is 0 Å². The molecule has 0 saturated heterocycles. The van der Waals surface area contributed by atoms with Crippen LogP contribution in [0, 0.1) is 5.92 Å². The molecule has 4 N–H and O–H groups in total. The van der Waals surface area contributed by atoms with E-state index in [0.717, 1.165) is 13.0 Å². The third-order valence-corrected chi connectivity index (χ3v) is 5.40. The molecule has 0 fully saturated rings. The Morgan fingerprint density at radius 2 is 1.87 bits per heavy atom. The minimum absolute atomic E-state index is 0.0793. The van der Waals surface area contributed by atoms with E-state index in [0.29, 0.717) is 18.2 Å². The van der Waals surface area contributed by atoms with E-state index in [-0.39, 0.29) is 17.9 Å². The predicted octanol–water partition coefficient (Wildman–Crippen LogP) is 2.27. The maximum atomic E-state index is 12.5. The van der Waals surface area contributed by atoms with E-state index in [2.05, 4.69) is 52.7 Å². The summed E-state index contributed by atoms with van der Waals surface area (Å²) in [6, 6.07) is 6.95. The predicted molar refractivity (Wildman–Crippen MR) is 118 cm³/mol. The molecule has 0 spiro atoms. The number of hydrogen-bond acceptors (Lipinski definition) is 4. The summed E-state index contributed by atoms with van der Waals surface area (Å²) in [5.74, 6) is -2.46. The van der Waals surface area contributed by atoms with Crippen molar-refractivity contribution in [1.82, 2.24) is 15.2 Å². The van der Waals surface area contributed by atoms with Crippen molar-refractivity contribution in [3.63, 3.8) is 0 Å². The monoisotopic (exact) mass is 425 g/mol. The molecule has 1 amide bonds. The Labute approximate surface area is 180 Å². The zero-order valence-corrected chi connectivity index (χ0v) is 17.8. The van der Waals surface area contributed by atoms with Gasteiger partial charge in [0.15, 0.2) is 0 Å². The largest absolute Gasteiger partial charge is 0.478 e. The van der Waals surface area contributed by atoms with E-state index in [9.17, 15) is 14.4 Å². The molecule has 8 heteroatoms. The fourth-order valence-corrected chi connectivity index (χ4v) is 4.15. The van der Waals surface area contributed by atoms with Crippen LogP contribution in [-0.4, -0.2) is 63.6 Å². The Kier molecular flexibility index (Phi) is 6.60. The summed E-state index contributed by atoms with van der Waals surface area (Å²) in [6.07, 6.45) is 6.46. The number of aliphatic carboxylic acids is 2. The molecule has 1 aliphatic carbocycles. The lowest BCUT2D eigenvalue weighted by atomic mass is 9.80. The van der Waals surface area contributed by atoms with Crippen LogP contribution in [0.25, 0.3) is 16.5 Å². The molecule has 164 valence electrons. The maximum Gasteiger partial charge on any atom is 0.328 e. The second-order valence-electron chi connectivity index (χ2n) is 8.10. The number of H-pyrrole nitrogens is 1. The zero-order chi connectivity index (χ0) is 22.7. The number of nitrogens with one attached hydrogen (secondary N) is 2. The third-order valence-electron chi connectivity index (χ3n) is 5.40. The van der Waals surface area contributed by atoms with Crippen LogP contribution in [-0.2, 0) is 20.8 Å². The highest BCUT2D eigenvalue weighted by Crippen LogP contribution is 2.40. The first-order valence-electron chi connectivity index (χ1n) is 10.1. The Balaban J connectivity index is 0.000000293. The molecule has 4 rings (SSSR count). The maximum absolute atomic E-state index is 12.5. The Morgan fingerprint density at radius 1 is 1.19 bits per heavy atom. The van der Waals surface area contributed by atoms with Gasteiger partial charge in [-0.25, -0.2) is 9.59 Å². The molecule has 2 aliphatic rings. The molecule has 1 aromatic carbocycles. The van der Waals surface area contributed by atoms with Crippen molar-refractivity contribution in [2.75, 3.05) is 13.6 Å². The lowest BCUT2D eigenvalue weighted by Gasteiger charge is -2.39. The molecule has 31 heavy (non-hydrogen) atoms. The number of carboxylic acid groups (broad SMARTS) is 2. The quantitative estimate of drug-likeness (QED) is 0.558. The van der Waals surface area contributed by atoms with Crippen molar-refractivity contribution in [3.8, 4) is 0 Å². The first kappa shape index (κ1) is 22.3. The summed E-state index contributed by atoms with van der Waals surface area (Å²) in [7, 11) is 2.13. The summed E-state index contributed by atoms with van der Waals surface area (Å²) in [4.78, 5) is 37.3. The fraction of sp³-hybridized carbons (Fsp3) is 0.348. The van der Waals surface area contributed by atoms with Gasteiger partial charge in [0.05, 0.1) is 5.92 Å². The number of carbonyl (C=O) groups is 3. The van der Waals surface area contributed by atoms with E-state index >= 15 is 0 Å². The lowest BCUT2D eigenvalue weighted by Crippen LogP contribution is -2.47. The Bertz CT molecular complexity index is 1050. The van der Waals surface area contributed by atoms with Crippen LogP contribution in [0.2, 0.25) is 0 Å². The smallest absolute Gasteiger partial charge is 0.328 e. The number of nitrogens with zero attached hydrogens (tertiary/aromatic N) is 1.